The Morgan fingerprint density at radius 3 is 2.61 bits per heavy atom. The van der Waals surface area contributed by atoms with E-state index >= 15 is 0 Å². The van der Waals surface area contributed by atoms with Crippen molar-refractivity contribution in [2.75, 3.05) is 6.61 Å². The maximum Gasteiger partial charge on any atom is 0.275 e. The number of aliphatic hydroxyl groups is 1. The Morgan fingerprint density at radius 2 is 1.89 bits per heavy atom. The van der Waals surface area contributed by atoms with Crippen molar-refractivity contribution in [1.29, 1.82) is 5.26 Å². The molecule has 8 nitrogen and oxygen atoms in total. The highest BCUT2D eigenvalue weighted by Crippen LogP contribution is 2.24. The number of aromatic amines is 1. The average Bonchev–Trinajstić information content (AvgIpc) is 3.28. The molecule has 0 bridgehead atoms. The van der Waals surface area contributed by atoms with Crippen LogP contribution in [0.5, 0.6) is 0 Å². The highest BCUT2D eigenvalue weighted by atomic mass is 19.1. The summed E-state index contributed by atoms with van der Waals surface area (Å²) in [4.78, 5) is 28.9. The van der Waals surface area contributed by atoms with Gasteiger partial charge in [0.05, 0.1) is 17.9 Å². The number of carbonyl (C=O) groups is 1. The summed E-state index contributed by atoms with van der Waals surface area (Å²) in [5.41, 5.74) is 0.803. The van der Waals surface area contributed by atoms with Crippen molar-refractivity contribution in [1.82, 2.24) is 19.9 Å². The first-order chi connectivity index (χ1) is 17.5. The summed E-state index contributed by atoms with van der Waals surface area (Å²) >= 11 is 0. The fourth-order valence-electron chi connectivity index (χ4n) is 4.22. The van der Waals surface area contributed by atoms with Gasteiger partial charge >= 0.3 is 0 Å². The quantitative estimate of drug-likeness (QED) is 0.341. The Labute approximate surface area is 204 Å². The molecule has 9 heteroatoms. The highest BCUT2D eigenvalue weighted by molar-refractivity contribution is 5.97. The van der Waals surface area contributed by atoms with Gasteiger partial charge in [0, 0.05) is 12.2 Å². The van der Waals surface area contributed by atoms with Crippen molar-refractivity contribution in [3.8, 4) is 17.3 Å². The molecule has 3 N–H and O–H groups in total. The van der Waals surface area contributed by atoms with Gasteiger partial charge in [-0.15, -0.1) is 0 Å². The molecule has 5 rings (SSSR count). The fourth-order valence-corrected chi connectivity index (χ4v) is 4.22. The molecule has 5 aromatic rings. The Bertz CT molecular complexity index is 1700. The van der Waals surface area contributed by atoms with E-state index in [1.54, 1.807) is 6.20 Å². The first kappa shape index (κ1) is 23.0. The maximum absolute atomic E-state index is 13.3. The van der Waals surface area contributed by atoms with Gasteiger partial charge in [-0.25, -0.2) is 8.91 Å². The number of hydrogen-bond donors (Lipinski definition) is 3. The van der Waals surface area contributed by atoms with E-state index in [2.05, 4.69) is 15.4 Å². The van der Waals surface area contributed by atoms with Crippen molar-refractivity contribution >= 4 is 22.2 Å². The van der Waals surface area contributed by atoms with Crippen LogP contribution in [0.3, 0.4) is 0 Å². The van der Waals surface area contributed by atoms with Crippen LogP contribution in [0.1, 0.15) is 34.1 Å². The summed E-state index contributed by atoms with van der Waals surface area (Å²) in [6.45, 7) is -0.229. The number of rotatable bonds is 6. The molecule has 0 aliphatic carbocycles. The second-order valence-corrected chi connectivity index (χ2v) is 8.28. The van der Waals surface area contributed by atoms with Crippen LogP contribution in [0.2, 0.25) is 0 Å². The van der Waals surface area contributed by atoms with Gasteiger partial charge in [-0.2, -0.15) is 10.4 Å². The van der Waals surface area contributed by atoms with Gasteiger partial charge in [-0.1, -0.05) is 48.5 Å². The van der Waals surface area contributed by atoms with Gasteiger partial charge in [0.25, 0.3) is 11.5 Å². The van der Waals surface area contributed by atoms with Crippen LogP contribution in [0.4, 0.5) is 4.39 Å². The number of H-pyrrole nitrogens is 1. The highest BCUT2D eigenvalue weighted by Gasteiger charge is 2.24. The lowest BCUT2D eigenvalue weighted by molar-refractivity contribution is 0.0924. The Morgan fingerprint density at radius 1 is 1.14 bits per heavy atom. The number of benzene rings is 3. The van der Waals surface area contributed by atoms with Crippen molar-refractivity contribution in [3.63, 3.8) is 0 Å². The van der Waals surface area contributed by atoms with Crippen molar-refractivity contribution in [3.05, 3.63) is 106 Å². The van der Waals surface area contributed by atoms with Crippen LogP contribution in [0, 0.1) is 17.1 Å². The molecule has 0 saturated heterocycles. The largest absolute Gasteiger partial charge is 0.396 e. The molecule has 0 radical (unpaired) electrons. The van der Waals surface area contributed by atoms with E-state index in [0.29, 0.717) is 11.3 Å². The summed E-state index contributed by atoms with van der Waals surface area (Å²) in [6, 6.07) is 20.3. The first-order valence-corrected chi connectivity index (χ1v) is 11.2. The number of nitrogens with zero attached hydrogens (tertiary/aromatic N) is 3. The van der Waals surface area contributed by atoms with Crippen LogP contribution >= 0.6 is 0 Å². The number of nitrogens with one attached hydrogen (secondary N) is 2. The van der Waals surface area contributed by atoms with Crippen molar-refractivity contribution < 1.29 is 14.3 Å². The van der Waals surface area contributed by atoms with Crippen LogP contribution in [0.25, 0.3) is 27.5 Å². The standard InChI is InChI=1S/C27H20FN5O3/c28-20-9-7-17(8-10-20)22(11-12-34)30-26(35)24-21(14-29)25-27(36)31-23(15-33(25)32-24)19-6-5-16-3-1-2-4-18(16)13-19/h1-10,13,15,22,34H,11-12H2,(H,30,35)(H,31,36). The Hall–Kier alpha value is -4.81. The molecular weight excluding hydrogens is 461 g/mol. The molecule has 0 fully saturated rings. The topological polar surface area (TPSA) is 123 Å². The summed E-state index contributed by atoms with van der Waals surface area (Å²) in [5, 5.41) is 28.2. The zero-order valence-electron chi connectivity index (χ0n) is 18.9. The zero-order valence-corrected chi connectivity index (χ0v) is 18.9. The Balaban J connectivity index is 1.54. The summed E-state index contributed by atoms with van der Waals surface area (Å²) in [5.74, 6) is -1.12. The van der Waals surface area contributed by atoms with Gasteiger partial charge in [0.1, 0.15) is 23.0 Å². The monoisotopic (exact) mass is 481 g/mol. The molecule has 36 heavy (non-hydrogen) atoms. The molecule has 0 saturated carbocycles. The normalized spacial score (nSPS) is 11.9. The molecular formula is C27H20FN5O3. The molecule has 0 spiro atoms. The minimum Gasteiger partial charge on any atom is -0.396 e. The fraction of sp³-hybridized carbons (Fsp3) is 0.111. The summed E-state index contributed by atoms with van der Waals surface area (Å²) in [7, 11) is 0. The lowest BCUT2D eigenvalue weighted by Crippen LogP contribution is -2.30. The minimum atomic E-state index is -0.690. The lowest BCUT2D eigenvalue weighted by atomic mass is 10.0. The molecule has 1 unspecified atom stereocenters. The first-order valence-electron chi connectivity index (χ1n) is 11.2. The van der Waals surface area contributed by atoms with Gasteiger partial charge < -0.3 is 15.4 Å². The summed E-state index contributed by atoms with van der Waals surface area (Å²) in [6.07, 6.45) is 1.73. The Kier molecular flexibility index (Phi) is 6.02. The molecule has 2 heterocycles. The number of carbonyl (C=O) groups excluding carboxylic acids is 1. The van der Waals surface area contributed by atoms with E-state index in [-0.39, 0.29) is 29.8 Å². The number of hydrogen-bond acceptors (Lipinski definition) is 5. The van der Waals surface area contributed by atoms with Crippen molar-refractivity contribution in [2.45, 2.75) is 12.5 Å². The molecule has 1 atom stereocenters. The van der Waals surface area contributed by atoms with E-state index in [0.717, 1.165) is 16.3 Å². The molecule has 2 aromatic heterocycles. The van der Waals surface area contributed by atoms with E-state index in [4.69, 9.17) is 0 Å². The van der Waals surface area contributed by atoms with Gasteiger partial charge in [-0.05, 0) is 41.0 Å². The third-order valence-electron chi connectivity index (χ3n) is 6.01. The van der Waals surface area contributed by atoms with Gasteiger partial charge in [0.2, 0.25) is 0 Å². The van der Waals surface area contributed by atoms with Crippen LogP contribution in [-0.2, 0) is 0 Å². The van der Waals surface area contributed by atoms with Crippen molar-refractivity contribution in [2.24, 2.45) is 0 Å². The predicted octanol–water partition coefficient (Wildman–Crippen LogP) is 3.71. The second-order valence-electron chi connectivity index (χ2n) is 8.28. The number of aromatic nitrogens is 3. The zero-order chi connectivity index (χ0) is 25.2. The smallest absolute Gasteiger partial charge is 0.275 e. The number of aliphatic hydroxyl groups excluding tert-OH is 1. The van der Waals surface area contributed by atoms with Crippen LogP contribution in [-0.4, -0.2) is 32.2 Å². The number of fused-ring (bicyclic) bond motifs is 2. The molecule has 0 aliphatic rings. The van der Waals surface area contributed by atoms with Gasteiger partial charge in [-0.3, -0.25) is 9.59 Å². The van der Waals surface area contributed by atoms with Crippen LogP contribution < -0.4 is 10.9 Å². The van der Waals surface area contributed by atoms with E-state index in [1.165, 1.54) is 28.8 Å². The third-order valence-corrected chi connectivity index (χ3v) is 6.01. The molecule has 3 aromatic carbocycles. The number of halogens is 1. The van der Waals surface area contributed by atoms with Gasteiger partial charge in [0.15, 0.2) is 5.69 Å². The van der Waals surface area contributed by atoms with Crippen LogP contribution in [0.15, 0.2) is 77.7 Å². The minimum absolute atomic E-state index is 0.0484. The predicted molar refractivity (Wildman–Crippen MR) is 132 cm³/mol. The lowest BCUT2D eigenvalue weighted by Gasteiger charge is -2.17. The molecule has 0 aliphatic heterocycles. The number of amides is 1. The van der Waals surface area contributed by atoms with E-state index in [1.807, 2.05) is 48.5 Å². The molecule has 178 valence electrons. The average molecular weight is 481 g/mol. The second kappa shape index (κ2) is 9.44. The third kappa shape index (κ3) is 4.21. The molecule has 1 amide bonds. The number of nitriles is 1. The van der Waals surface area contributed by atoms with E-state index in [9.17, 15) is 24.3 Å². The summed E-state index contributed by atoms with van der Waals surface area (Å²) < 4.78 is 14.6. The van der Waals surface area contributed by atoms with E-state index < -0.39 is 23.3 Å². The SMILES string of the molecule is N#Cc1c(C(=O)NC(CCO)c2ccc(F)cc2)nn2cc(-c3ccc4ccccc4c3)[nH]c(=O)c12. The maximum atomic E-state index is 13.3.